The quantitative estimate of drug-likeness (QED) is 0.595. The molecule has 0 unspecified atom stereocenters. The highest BCUT2D eigenvalue weighted by atomic mass is 35.5. The summed E-state index contributed by atoms with van der Waals surface area (Å²) in [5.74, 6) is 1.00. The number of ether oxygens (including phenoxy) is 1. The standard InChI is InChI=1S/C23H30ClFN4O/c24-21-14-28-23(29-17-3-1-16(26)2-4-17)12-19(21)20-11-18(5-6-22(20)25)27-13-15-7-9-30-10-8-15/h5-6,11-12,14-17,27H,1-4,7-10,13,26H2,(H,28,29). The van der Waals surface area contributed by atoms with E-state index in [-0.39, 0.29) is 5.82 Å². The van der Waals surface area contributed by atoms with Crippen LogP contribution in [0.2, 0.25) is 5.02 Å². The van der Waals surface area contributed by atoms with E-state index in [9.17, 15) is 4.39 Å². The van der Waals surface area contributed by atoms with Crippen molar-refractivity contribution in [2.75, 3.05) is 30.4 Å². The summed E-state index contributed by atoms with van der Waals surface area (Å²) >= 11 is 6.41. The highest BCUT2D eigenvalue weighted by molar-refractivity contribution is 6.33. The van der Waals surface area contributed by atoms with Crippen LogP contribution in [0, 0.1) is 11.7 Å². The third-order valence-electron chi connectivity index (χ3n) is 6.17. The molecule has 2 fully saturated rings. The number of aromatic nitrogens is 1. The monoisotopic (exact) mass is 432 g/mol. The molecule has 4 N–H and O–H groups in total. The van der Waals surface area contributed by atoms with E-state index < -0.39 is 0 Å². The van der Waals surface area contributed by atoms with E-state index in [1.54, 1.807) is 12.3 Å². The van der Waals surface area contributed by atoms with Gasteiger partial charge in [0.25, 0.3) is 0 Å². The first-order valence-corrected chi connectivity index (χ1v) is 11.3. The number of hydrogen-bond acceptors (Lipinski definition) is 5. The van der Waals surface area contributed by atoms with E-state index in [1.165, 1.54) is 6.07 Å². The van der Waals surface area contributed by atoms with Crippen molar-refractivity contribution in [1.29, 1.82) is 0 Å². The third kappa shape index (κ3) is 5.42. The summed E-state index contributed by atoms with van der Waals surface area (Å²) in [5, 5.41) is 7.35. The molecule has 2 heterocycles. The first kappa shape index (κ1) is 21.3. The maximum Gasteiger partial charge on any atom is 0.131 e. The minimum Gasteiger partial charge on any atom is -0.385 e. The minimum absolute atomic E-state index is 0.294. The summed E-state index contributed by atoms with van der Waals surface area (Å²) in [5.41, 5.74) is 8.02. The van der Waals surface area contributed by atoms with Crippen LogP contribution < -0.4 is 16.4 Å². The molecule has 0 radical (unpaired) electrons. The van der Waals surface area contributed by atoms with Gasteiger partial charge in [-0.2, -0.15) is 0 Å². The zero-order valence-electron chi connectivity index (χ0n) is 17.2. The average Bonchev–Trinajstić information content (AvgIpc) is 2.77. The molecule has 0 bridgehead atoms. The summed E-state index contributed by atoms with van der Waals surface area (Å²) in [6.45, 7) is 2.49. The number of hydrogen-bond donors (Lipinski definition) is 3. The molecular weight excluding hydrogens is 403 g/mol. The van der Waals surface area contributed by atoms with Gasteiger partial charge in [-0.3, -0.25) is 0 Å². The molecule has 1 aromatic heterocycles. The summed E-state index contributed by atoms with van der Waals surface area (Å²) in [6, 6.07) is 7.58. The summed E-state index contributed by atoms with van der Waals surface area (Å²) in [7, 11) is 0. The van der Waals surface area contributed by atoms with E-state index in [1.807, 2.05) is 12.1 Å². The van der Waals surface area contributed by atoms with Gasteiger partial charge in [-0.15, -0.1) is 0 Å². The van der Waals surface area contributed by atoms with Crippen molar-refractivity contribution in [2.45, 2.75) is 50.6 Å². The summed E-state index contributed by atoms with van der Waals surface area (Å²) in [4.78, 5) is 4.40. The fraction of sp³-hybridized carbons (Fsp3) is 0.522. The van der Waals surface area contributed by atoms with Crippen LogP contribution in [0.3, 0.4) is 0 Å². The van der Waals surface area contributed by atoms with Crippen molar-refractivity contribution in [2.24, 2.45) is 11.7 Å². The lowest BCUT2D eigenvalue weighted by atomic mass is 9.92. The van der Waals surface area contributed by atoms with Crippen LogP contribution in [0.25, 0.3) is 11.1 Å². The third-order valence-corrected chi connectivity index (χ3v) is 6.47. The molecule has 1 saturated carbocycles. The molecular formula is C23H30ClFN4O. The fourth-order valence-corrected chi connectivity index (χ4v) is 4.46. The van der Waals surface area contributed by atoms with Gasteiger partial charge < -0.3 is 21.1 Å². The van der Waals surface area contributed by atoms with Crippen LogP contribution in [0.1, 0.15) is 38.5 Å². The Morgan fingerprint density at radius 2 is 1.83 bits per heavy atom. The van der Waals surface area contributed by atoms with Gasteiger partial charge in [0.2, 0.25) is 0 Å². The first-order valence-electron chi connectivity index (χ1n) is 10.9. The second kappa shape index (κ2) is 9.94. The van der Waals surface area contributed by atoms with Gasteiger partial charge in [-0.25, -0.2) is 9.37 Å². The molecule has 162 valence electrons. The van der Waals surface area contributed by atoms with E-state index in [4.69, 9.17) is 22.1 Å². The van der Waals surface area contributed by atoms with Gasteiger partial charge in [-0.1, -0.05) is 11.6 Å². The molecule has 0 atom stereocenters. The molecule has 1 aliphatic heterocycles. The zero-order chi connectivity index (χ0) is 20.9. The lowest BCUT2D eigenvalue weighted by Crippen LogP contribution is -2.33. The maximum absolute atomic E-state index is 14.7. The zero-order valence-corrected chi connectivity index (χ0v) is 17.9. The topological polar surface area (TPSA) is 72.2 Å². The van der Waals surface area contributed by atoms with Crippen molar-refractivity contribution < 1.29 is 9.13 Å². The fourth-order valence-electron chi connectivity index (χ4n) is 4.25. The van der Waals surface area contributed by atoms with Crippen molar-refractivity contribution in [3.63, 3.8) is 0 Å². The van der Waals surface area contributed by atoms with Crippen LogP contribution in [0.4, 0.5) is 15.9 Å². The number of nitrogens with zero attached hydrogens (tertiary/aromatic N) is 1. The number of nitrogens with two attached hydrogens (primary N) is 1. The molecule has 4 rings (SSSR count). The Hall–Kier alpha value is -1.89. The first-order chi connectivity index (χ1) is 14.6. The number of nitrogens with one attached hydrogen (secondary N) is 2. The Bertz CT molecular complexity index is 851. The van der Waals surface area contributed by atoms with Crippen LogP contribution in [-0.2, 0) is 4.74 Å². The highest BCUT2D eigenvalue weighted by Crippen LogP contribution is 2.34. The number of anilines is 2. The van der Waals surface area contributed by atoms with E-state index in [0.717, 1.165) is 69.8 Å². The lowest BCUT2D eigenvalue weighted by molar-refractivity contribution is 0.0699. The van der Waals surface area contributed by atoms with Gasteiger partial charge in [-0.05, 0) is 68.7 Å². The highest BCUT2D eigenvalue weighted by Gasteiger charge is 2.20. The van der Waals surface area contributed by atoms with Gasteiger partial charge >= 0.3 is 0 Å². The molecule has 7 heteroatoms. The van der Waals surface area contributed by atoms with Crippen molar-refractivity contribution >= 4 is 23.1 Å². The second-order valence-corrected chi connectivity index (χ2v) is 8.84. The molecule has 0 spiro atoms. The Morgan fingerprint density at radius 3 is 2.60 bits per heavy atom. The second-order valence-electron chi connectivity index (χ2n) is 8.44. The average molecular weight is 433 g/mol. The SMILES string of the molecule is NC1CCC(Nc2cc(-c3cc(NCC4CCOCC4)ccc3F)c(Cl)cn2)CC1. The van der Waals surface area contributed by atoms with Crippen LogP contribution in [0.15, 0.2) is 30.5 Å². The number of halogens is 2. The van der Waals surface area contributed by atoms with Crippen molar-refractivity contribution in [3.05, 3.63) is 41.3 Å². The lowest BCUT2D eigenvalue weighted by Gasteiger charge is -2.27. The predicted octanol–water partition coefficient (Wildman–Crippen LogP) is 5.06. The number of pyridine rings is 1. The van der Waals surface area contributed by atoms with Crippen molar-refractivity contribution in [3.8, 4) is 11.1 Å². The van der Waals surface area contributed by atoms with Crippen LogP contribution in [-0.4, -0.2) is 36.8 Å². The van der Waals surface area contributed by atoms with E-state index in [0.29, 0.717) is 34.2 Å². The molecule has 0 amide bonds. The van der Waals surface area contributed by atoms with E-state index >= 15 is 0 Å². The molecule has 1 saturated heterocycles. The number of benzene rings is 1. The number of rotatable bonds is 6. The molecule has 1 aromatic carbocycles. The summed E-state index contributed by atoms with van der Waals surface area (Å²) < 4.78 is 20.1. The van der Waals surface area contributed by atoms with Gasteiger partial charge in [0.1, 0.15) is 11.6 Å². The Labute approximate surface area is 182 Å². The van der Waals surface area contributed by atoms with Gasteiger partial charge in [0, 0.05) is 54.9 Å². The molecule has 2 aliphatic rings. The molecule has 30 heavy (non-hydrogen) atoms. The Morgan fingerprint density at radius 1 is 1.07 bits per heavy atom. The Kier molecular flexibility index (Phi) is 7.08. The van der Waals surface area contributed by atoms with E-state index in [2.05, 4.69) is 15.6 Å². The molecule has 2 aromatic rings. The maximum atomic E-state index is 14.7. The predicted molar refractivity (Wildman–Crippen MR) is 121 cm³/mol. The minimum atomic E-state index is -0.297. The largest absolute Gasteiger partial charge is 0.385 e. The summed E-state index contributed by atoms with van der Waals surface area (Å²) in [6.07, 6.45) is 7.74. The smallest absolute Gasteiger partial charge is 0.131 e. The van der Waals surface area contributed by atoms with Crippen LogP contribution in [0.5, 0.6) is 0 Å². The molecule has 1 aliphatic carbocycles. The van der Waals surface area contributed by atoms with Gasteiger partial charge in [0.15, 0.2) is 0 Å². The van der Waals surface area contributed by atoms with Crippen LogP contribution >= 0.6 is 11.6 Å². The van der Waals surface area contributed by atoms with Crippen molar-refractivity contribution in [1.82, 2.24) is 4.98 Å². The molecule has 5 nitrogen and oxygen atoms in total. The normalized spacial score (nSPS) is 22.6. The van der Waals surface area contributed by atoms with Gasteiger partial charge in [0.05, 0.1) is 5.02 Å². The Balaban J connectivity index is 1.49.